The van der Waals surface area contributed by atoms with Crippen LogP contribution in [0.25, 0.3) is 11.3 Å². The average Bonchev–Trinajstić information content (AvgIpc) is 2.88. The molecule has 10 heteroatoms. The van der Waals surface area contributed by atoms with Crippen LogP contribution in [-0.4, -0.2) is 35.5 Å². The Kier molecular flexibility index (Phi) is 7.23. The fraction of sp³-hybridized carbons (Fsp3) is 0.160. The summed E-state index contributed by atoms with van der Waals surface area (Å²) < 4.78 is 29.7. The Labute approximate surface area is 203 Å². The quantitative estimate of drug-likeness (QED) is 0.329. The summed E-state index contributed by atoms with van der Waals surface area (Å²) in [5.41, 5.74) is 7.42. The largest absolute Gasteiger partial charge is 0.354 e. The Morgan fingerprint density at radius 1 is 0.971 bits per heavy atom. The molecule has 0 saturated heterocycles. The maximum atomic E-state index is 13.3. The summed E-state index contributed by atoms with van der Waals surface area (Å²) in [7, 11) is -2.49. The van der Waals surface area contributed by atoms with Crippen molar-refractivity contribution in [3.63, 3.8) is 0 Å². The highest BCUT2D eigenvalue weighted by Crippen LogP contribution is 2.26. The number of aromatic nitrogens is 3. The van der Waals surface area contributed by atoms with Gasteiger partial charge >= 0.3 is 0 Å². The van der Waals surface area contributed by atoms with Gasteiger partial charge in [-0.05, 0) is 36.2 Å². The number of hydrogen-bond donors (Lipinski definition) is 3. The predicted molar refractivity (Wildman–Crippen MR) is 137 cm³/mol. The van der Waals surface area contributed by atoms with Gasteiger partial charge in [0.05, 0.1) is 4.90 Å². The summed E-state index contributed by atoms with van der Waals surface area (Å²) in [5, 5.41) is 3.14. The summed E-state index contributed by atoms with van der Waals surface area (Å²) in [5.74, 6) is 0.271. The number of hydrogen-bond acceptors (Lipinski definition) is 7. The topological polar surface area (TPSA) is 132 Å². The SMILES string of the molecule is Cn1c(NC[C@H](N)Cc2ccccc2)nc(-c2ccncc2)c(NS(=O)(=O)c2ccccc2)c1=O. The summed E-state index contributed by atoms with van der Waals surface area (Å²) in [4.78, 5) is 22.0. The Morgan fingerprint density at radius 3 is 2.26 bits per heavy atom. The minimum absolute atomic E-state index is 0.0387. The number of pyridine rings is 1. The molecule has 2 aromatic carbocycles. The minimum Gasteiger partial charge on any atom is -0.354 e. The lowest BCUT2D eigenvalue weighted by molar-refractivity contribution is 0.601. The highest BCUT2D eigenvalue weighted by molar-refractivity contribution is 7.92. The first-order chi connectivity index (χ1) is 16.8. The third-order valence-corrected chi connectivity index (χ3v) is 6.76. The van der Waals surface area contributed by atoms with Crippen molar-refractivity contribution < 1.29 is 8.42 Å². The lowest BCUT2D eigenvalue weighted by atomic mass is 10.1. The number of benzene rings is 2. The van der Waals surface area contributed by atoms with E-state index in [-0.39, 0.29) is 28.3 Å². The second-order valence-electron chi connectivity index (χ2n) is 8.01. The molecule has 0 bridgehead atoms. The smallest absolute Gasteiger partial charge is 0.279 e. The predicted octanol–water partition coefficient (Wildman–Crippen LogP) is 2.62. The zero-order chi connectivity index (χ0) is 24.8. The monoisotopic (exact) mass is 490 g/mol. The van der Waals surface area contributed by atoms with Gasteiger partial charge in [0.25, 0.3) is 15.6 Å². The number of anilines is 2. The van der Waals surface area contributed by atoms with Crippen LogP contribution >= 0.6 is 0 Å². The normalized spacial score (nSPS) is 12.2. The van der Waals surface area contributed by atoms with Crippen molar-refractivity contribution in [2.24, 2.45) is 12.8 Å². The summed E-state index contributed by atoms with van der Waals surface area (Å²) in [6, 6.07) is 20.8. The van der Waals surface area contributed by atoms with Crippen LogP contribution in [0.3, 0.4) is 0 Å². The molecule has 0 aliphatic rings. The van der Waals surface area contributed by atoms with E-state index < -0.39 is 15.6 Å². The van der Waals surface area contributed by atoms with E-state index in [1.165, 1.54) is 23.7 Å². The molecule has 4 aromatic rings. The molecule has 2 heterocycles. The zero-order valence-electron chi connectivity index (χ0n) is 19.1. The van der Waals surface area contributed by atoms with Gasteiger partial charge in [-0.2, -0.15) is 0 Å². The molecule has 4 rings (SSSR count). The van der Waals surface area contributed by atoms with E-state index in [1.54, 1.807) is 42.7 Å². The van der Waals surface area contributed by atoms with Crippen LogP contribution in [0.5, 0.6) is 0 Å². The van der Waals surface area contributed by atoms with Crippen LogP contribution in [-0.2, 0) is 23.5 Å². The van der Waals surface area contributed by atoms with Crippen molar-refractivity contribution >= 4 is 21.7 Å². The number of nitrogens with zero attached hydrogens (tertiary/aromatic N) is 3. The molecule has 0 saturated carbocycles. The third kappa shape index (κ3) is 5.73. The Hall–Kier alpha value is -4.02. The van der Waals surface area contributed by atoms with Gasteiger partial charge in [0.2, 0.25) is 5.95 Å². The lowest BCUT2D eigenvalue weighted by Gasteiger charge is -2.18. The molecule has 1 atom stereocenters. The van der Waals surface area contributed by atoms with Gasteiger partial charge in [0.1, 0.15) is 11.4 Å². The van der Waals surface area contributed by atoms with Crippen LogP contribution in [0.2, 0.25) is 0 Å². The van der Waals surface area contributed by atoms with E-state index in [4.69, 9.17) is 5.73 Å². The molecule has 0 amide bonds. The van der Waals surface area contributed by atoms with Crippen LogP contribution in [0.4, 0.5) is 11.6 Å². The molecule has 0 aliphatic heterocycles. The van der Waals surface area contributed by atoms with Crippen molar-refractivity contribution in [1.82, 2.24) is 14.5 Å². The molecule has 4 N–H and O–H groups in total. The molecule has 0 spiro atoms. The van der Waals surface area contributed by atoms with Gasteiger partial charge in [-0.1, -0.05) is 48.5 Å². The maximum absolute atomic E-state index is 13.3. The number of rotatable bonds is 9. The van der Waals surface area contributed by atoms with Gasteiger partial charge in [-0.15, -0.1) is 0 Å². The van der Waals surface area contributed by atoms with Gasteiger partial charge in [0, 0.05) is 37.6 Å². The average molecular weight is 491 g/mol. The summed E-state index contributed by atoms with van der Waals surface area (Å²) in [6.45, 7) is 0.361. The zero-order valence-corrected chi connectivity index (χ0v) is 19.9. The highest BCUT2D eigenvalue weighted by atomic mass is 32.2. The second-order valence-corrected chi connectivity index (χ2v) is 9.69. The first-order valence-corrected chi connectivity index (χ1v) is 12.5. The van der Waals surface area contributed by atoms with Gasteiger partial charge < -0.3 is 11.1 Å². The van der Waals surface area contributed by atoms with Gasteiger partial charge in [0.15, 0.2) is 0 Å². The Morgan fingerprint density at radius 2 is 1.60 bits per heavy atom. The van der Waals surface area contributed by atoms with Crippen molar-refractivity contribution in [3.8, 4) is 11.3 Å². The van der Waals surface area contributed by atoms with E-state index >= 15 is 0 Å². The molecule has 0 unspecified atom stereocenters. The van der Waals surface area contributed by atoms with Crippen molar-refractivity contribution in [3.05, 3.63) is 101 Å². The number of sulfonamides is 1. The fourth-order valence-corrected chi connectivity index (χ4v) is 4.66. The standard InChI is InChI=1S/C25H26N6O3S/c1-31-24(32)23(30-35(33,34)21-10-6-3-7-11-21)22(19-12-14-27-15-13-19)29-25(31)28-17-20(26)16-18-8-4-2-5-9-18/h2-15,20,30H,16-17,26H2,1H3,(H,28,29)/t20-/m1/s1. The van der Waals surface area contributed by atoms with Crippen molar-refractivity contribution in [2.45, 2.75) is 17.4 Å². The first-order valence-electron chi connectivity index (χ1n) is 11.0. The molecule has 0 aliphatic carbocycles. The Bertz CT molecular complexity index is 1440. The van der Waals surface area contributed by atoms with Gasteiger partial charge in [-0.25, -0.2) is 13.4 Å². The Balaban J connectivity index is 1.67. The van der Waals surface area contributed by atoms with Crippen LogP contribution < -0.4 is 21.3 Å². The van der Waals surface area contributed by atoms with Gasteiger partial charge in [-0.3, -0.25) is 19.1 Å². The van der Waals surface area contributed by atoms with Crippen molar-refractivity contribution in [1.29, 1.82) is 0 Å². The summed E-state index contributed by atoms with van der Waals surface area (Å²) >= 11 is 0. The molecule has 0 fully saturated rings. The summed E-state index contributed by atoms with van der Waals surface area (Å²) in [6.07, 6.45) is 3.74. The maximum Gasteiger partial charge on any atom is 0.279 e. The lowest BCUT2D eigenvalue weighted by Crippen LogP contribution is -2.34. The van der Waals surface area contributed by atoms with E-state index in [2.05, 4.69) is 20.0 Å². The van der Waals surface area contributed by atoms with E-state index in [0.29, 0.717) is 18.5 Å². The molecule has 2 aromatic heterocycles. The fourth-order valence-electron chi connectivity index (χ4n) is 3.58. The molecule has 9 nitrogen and oxygen atoms in total. The molecular formula is C25H26N6O3S. The highest BCUT2D eigenvalue weighted by Gasteiger charge is 2.22. The van der Waals surface area contributed by atoms with E-state index in [9.17, 15) is 13.2 Å². The number of nitrogens with two attached hydrogens (primary N) is 1. The number of nitrogens with one attached hydrogen (secondary N) is 2. The van der Waals surface area contributed by atoms with Crippen LogP contribution in [0.1, 0.15) is 5.56 Å². The van der Waals surface area contributed by atoms with E-state index in [0.717, 1.165) is 5.56 Å². The van der Waals surface area contributed by atoms with Crippen LogP contribution in [0.15, 0.2) is 94.9 Å². The second kappa shape index (κ2) is 10.5. The molecule has 180 valence electrons. The molecule has 35 heavy (non-hydrogen) atoms. The minimum atomic E-state index is -4.02. The first kappa shape index (κ1) is 24.1. The van der Waals surface area contributed by atoms with Crippen LogP contribution in [0, 0.1) is 0 Å². The molecular weight excluding hydrogens is 464 g/mol. The van der Waals surface area contributed by atoms with Crippen molar-refractivity contribution in [2.75, 3.05) is 16.6 Å². The van der Waals surface area contributed by atoms with E-state index in [1.807, 2.05) is 30.3 Å². The molecule has 0 radical (unpaired) electrons. The third-order valence-electron chi connectivity index (χ3n) is 5.40.